The number of nitrogens with one attached hydrogen (secondary N) is 4. The van der Waals surface area contributed by atoms with Crippen LogP contribution >= 0.6 is 0 Å². The minimum Gasteiger partial charge on any atom is -0.465 e. The summed E-state index contributed by atoms with van der Waals surface area (Å²) in [5, 5.41) is 7.11. The van der Waals surface area contributed by atoms with Gasteiger partial charge in [-0.25, -0.2) is 9.18 Å². The van der Waals surface area contributed by atoms with Crippen LogP contribution < -0.4 is 31.6 Å². The predicted molar refractivity (Wildman–Crippen MR) is 162 cm³/mol. The number of amides is 2. The molecule has 2 amide bonds. The van der Waals surface area contributed by atoms with E-state index in [2.05, 4.69) is 31.6 Å². The molecule has 2 heterocycles. The summed E-state index contributed by atoms with van der Waals surface area (Å²) >= 11 is 0. The smallest absolute Gasteiger partial charge is 0.346 e. The van der Waals surface area contributed by atoms with Crippen LogP contribution in [-0.4, -0.2) is 40.9 Å². The fraction of sp³-hybridized carbons (Fsp3) is 0.281. The van der Waals surface area contributed by atoms with E-state index in [9.17, 15) is 18.8 Å². The average molecular weight is 614 g/mol. The minimum atomic E-state index is -0.574. The molecule has 232 valence electrons. The van der Waals surface area contributed by atoms with Gasteiger partial charge in [-0.05, 0) is 54.5 Å². The van der Waals surface area contributed by atoms with Crippen LogP contribution in [-0.2, 0) is 16.1 Å². The summed E-state index contributed by atoms with van der Waals surface area (Å²) in [6, 6.07) is 12.7. The average Bonchev–Trinajstić information content (AvgIpc) is 3.60. The summed E-state index contributed by atoms with van der Waals surface area (Å²) in [4.78, 5) is 53.5. The number of methoxy groups -OCH3 is 1. The number of hydrogen-bond donors (Lipinski definition) is 4. The lowest BCUT2D eigenvalue weighted by atomic mass is 9.74. The molecular weight excluding hydrogens is 581 g/mol. The fourth-order valence-corrected chi connectivity index (χ4v) is 5.92. The van der Waals surface area contributed by atoms with E-state index in [1.54, 1.807) is 31.2 Å². The van der Waals surface area contributed by atoms with Crippen molar-refractivity contribution in [2.75, 3.05) is 17.7 Å². The third-order valence-corrected chi connectivity index (χ3v) is 8.33. The lowest BCUT2D eigenvalue weighted by Gasteiger charge is -2.32. The molecule has 1 fully saturated rings. The van der Waals surface area contributed by atoms with E-state index in [1.165, 1.54) is 24.4 Å². The number of esters is 1. The molecule has 0 spiro atoms. The normalized spacial score (nSPS) is 21.2. The first kappa shape index (κ1) is 29.8. The second kappa shape index (κ2) is 12.0. The molecule has 1 aliphatic heterocycles. The Bertz CT molecular complexity index is 1740. The van der Waals surface area contributed by atoms with Gasteiger partial charge in [-0.3, -0.25) is 15.0 Å². The van der Waals surface area contributed by atoms with Crippen LogP contribution in [0.15, 0.2) is 72.3 Å². The summed E-state index contributed by atoms with van der Waals surface area (Å²) in [5.41, 5.74) is 8.31. The van der Waals surface area contributed by atoms with Gasteiger partial charge in [0.15, 0.2) is 0 Å². The van der Waals surface area contributed by atoms with Gasteiger partial charge in [-0.15, -0.1) is 10.7 Å². The highest BCUT2D eigenvalue weighted by Crippen LogP contribution is 2.48. The molecule has 13 heteroatoms. The number of fused-ring (bicyclic) bond motifs is 2. The molecule has 0 radical (unpaired) electrons. The maximum atomic E-state index is 13.7. The van der Waals surface area contributed by atoms with Crippen LogP contribution in [0.5, 0.6) is 6.01 Å². The summed E-state index contributed by atoms with van der Waals surface area (Å²) in [6.07, 6.45) is 6.97. The lowest BCUT2D eigenvalue weighted by Crippen LogP contribution is -2.41. The topological polar surface area (TPSA) is 147 Å². The molecule has 6 rings (SSSR count). The van der Waals surface area contributed by atoms with E-state index in [0.29, 0.717) is 28.8 Å². The Morgan fingerprint density at radius 1 is 1.11 bits per heavy atom. The highest BCUT2D eigenvalue weighted by Gasteiger charge is 2.45. The molecule has 0 bridgehead atoms. The van der Waals surface area contributed by atoms with Crippen molar-refractivity contribution in [2.24, 2.45) is 11.3 Å². The van der Waals surface area contributed by atoms with Crippen LogP contribution in [0, 0.1) is 24.1 Å². The van der Waals surface area contributed by atoms with E-state index in [-0.39, 0.29) is 47.1 Å². The molecule has 2 aliphatic carbocycles. The number of benzene rings is 2. The van der Waals surface area contributed by atoms with E-state index in [4.69, 9.17) is 9.57 Å². The number of halogens is 1. The second-order valence-electron chi connectivity index (χ2n) is 11.4. The van der Waals surface area contributed by atoms with Crippen molar-refractivity contribution >= 4 is 29.2 Å². The van der Waals surface area contributed by atoms with Crippen molar-refractivity contribution < 1.29 is 28.3 Å². The van der Waals surface area contributed by atoms with Crippen molar-refractivity contribution in [2.45, 2.75) is 39.3 Å². The Labute approximate surface area is 258 Å². The quantitative estimate of drug-likeness (QED) is 0.278. The predicted octanol–water partition coefficient (Wildman–Crippen LogP) is 3.68. The van der Waals surface area contributed by atoms with Crippen LogP contribution in [0.4, 0.5) is 15.8 Å². The monoisotopic (exact) mass is 613 g/mol. The first-order chi connectivity index (χ1) is 21.6. The molecule has 12 nitrogen and oxygen atoms in total. The van der Waals surface area contributed by atoms with Gasteiger partial charge < -0.3 is 20.2 Å². The molecule has 2 aromatic carbocycles. The van der Waals surface area contributed by atoms with Crippen molar-refractivity contribution in [1.82, 2.24) is 26.1 Å². The Hall–Kier alpha value is -5.30. The standard InChI is InChI=1S/C32H32FN7O5/c1-18-14-19(8-11-22(18)33)17-34-28(41)25-15-26(37-31(36-25)45-40-27-7-5-4-6-24(27)38-39-40)29(42)35-23-12-13-32(2)16-20(30(43)44-3)9-10-21(23)32/h4-11,14-16,21,23,38-39H,12-13,17H2,1-3H3,(H,34,41)(H,35,42)/t21?,23-,32?/m0/s1. The molecule has 4 N–H and O–H groups in total. The Morgan fingerprint density at radius 2 is 1.89 bits per heavy atom. The number of aryl methyl sites for hydroxylation is 1. The SMILES string of the molecule is COC(=O)C1=CC2(C)CC[C@H](NC(=O)c3cc(C(=O)NCc4ccc(F)c(C)c4)nc(ON4NNc5ccccc54)n3)C2C=C1. The van der Waals surface area contributed by atoms with Crippen LogP contribution in [0.2, 0.25) is 0 Å². The van der Waals surface area contributed by atoms with Crippen molar-refractivity contribution in [3.8, 4) is 6.01 Å². The van der Waals surface area contributed by atoms with Gasteiger partial charge in [-0.1, -0.05) is 49.4 Å². The van der Waals surface area contributed by atoms with Gasteiger partial charge >= 0.3 is 12.0 Å². The minimum absolute atomic E-state index is 0.0641. The zero-order valence-corrected chi connectivity index (χ0v) is 24.9. The zero-order chi connectivity index (χ0) is 31.7. The van der Waals surface area contributed by atoms with E-state index >= 15 is 0 Å². The number of hydrogen-bond acceptors (Lipinski definition) is 10. The van der Waals surface area contributed by atoms with Gasteiger partial charge in [0.25, 0.3) is 11.8 Å². The number of ether oxygens (including phenoxy) is 1. The van der Waals surface area contributed by atoms with Crippen LogP contribution in [0.3, 0.4) is 0 Å². The number of anilines is 2. The van der Waals surface area contributed by atoms with Crippen molar-refractivity contribution in [1.29, 1.82) is 0 Å². The zero-order valence-electron chi connectivity index (χ0n) is 24.9. The third-order valence-electron chi connectivity index (χ3n) is 8.33. The molecule has 3 atom stereocenters. The molecule has 0 saturated heterocycles. The molecule has 2 unspecified atom stereocenters. The highest BCUT2D eigenvalue weighted by molar-refractivity contribution is 5.97. The molecule has 1 saturated carbocycles. The Kier molecular flexibility index (Phi) is 7.94. The van der Waals surface area contributed by atoms with Gasteiger partial charge in [0.05, 0.1) is 18.4 Å². The highest BCUT2D eigenvalue weighted by atomic mass is 19.1. The summed E-state index contributed by atoms with van der Waals surface area (Å²) in [7, 11) is 1.34. The van der Waals surface area contributed by atoms with E-state index < -0.39 is 17.8 Å². The summed E-state index contributed by atoms with van der Waals surface area (Å²) < 4.78 is 18.6. The molecule has 3 aliphatic rings. The molecule has 45 heavy (non-hydrogen) atoms. The van der Waals surface area contributed by atoms with E-state index in [1.807, 2.05) is 37.3 Å². The number of carbonyl (C=O) groups is 3. The summed E-state index contributed by atoms with van der Waals surface area (Å²) in [5.74, 6) is -1.89. The maximum Gasteiger partial charge on any atom is 0.346 e. The largest absolute Gasteiger partial charge is 0.465 e. The number of allylic oxidation sites excluding steroid dienone is 1. The first-order valence-corrected chi connectivity index (χ1v) is 14.4. The first-order valence-electron chi connectivity index (χ1n) is 14.4. The van der Waals surface area contributed by atoms with E-state index in [0.717, 1.165) is 12.1 Å². The van der Waals surface area contributed by atoms with Gasteiger partial charge in [0.1, 0.15) is 22.9 Å². The van der Waals surface area contributed by atoms with Gasteiger partial charge in [-0.2, -0.15) is 9.97 Å². The Morgan fingerprint density at radius 3 is 2.67 bits per heavy atom. The van der Waals surface area contributed by atoms with Crippen molar-refractivity contribution in [3.63, 3.8) is 0 Å². The van der Waals surface area contributed by atoms with Crippen LogP contribution in [0.25, 0.3) is 0 Å². The Balaban J connectivity index is 1.23. The maximum absolute atomic E-state index is 13.7. The van der Waals surface area contributed by atoms with Crippen LogP contribution in [0.1, 0.15) is 51.9 Å². The van der Waals surface area contributed by atoms with Crippen molar-refractivity contribution in [3.05, 3.63) is 101 Å². The number of hydrazine groups is 2. The van der Waals surface area contributed by atoms with Gasteiger partial charge in [0, 0.05) is 24.6 Å². The molecule has 3 aromatic rings. The molecule has 1 aromatic heterocycles. The summed E-state index contributed by atoms with van der Waals surface area (Å²) in [6.45, 7) is 3.80. The number of aromatic nitrogens is 2. The number of para-hydroxylation sites is 2. The lowest BCUT2D eigenvalue weighted by molar-refractivity contribution is -0.135. The third kappa shape index (κ3) is 6.07. The number of rotatable bonds is 8. The second-order valence-corrected chi connectivity index (χ2v) is 11.4. The molecular formula is C32H32FN7O5. The fourth-order valence-electron chi connectivity index (χ4n) is 5.92. The number of carbonyl (C=O) groups excluding carboxylic acids is 3. The van der Waals surface area contributed by atoms with Gasteiger partial charge in [0.2, 0.25) is 0 Å². The number of nitrogens with zero attached hydrogens (tertiary/aromatic N) is 3.